The number of aromatic nitrogens is 3. The monoisotopic (exact) mass is 508 g/mol. The van der Waals surface area contributed by atoms with Crippen LogP contribution in [0.1, 0.15) is 43.9 Å². The van der Waals surface area contributed by atoms with Gasteiger partial charge in [-0.3, -0.25) is 0 Å². The van der Waals surface area contributed by atoms with E-state index in [1.165, 1.54) is 11.9 Å². The number of carboxylic acid groups (broad SMARTS) is 1. The predicted octanol–water partition coefficient (Wildman–Crippen LogP) is 3.09. The number of rotatable bonds is 15. The Morgan fingerprint density at radius 2 is 2.16 bits per heavy atom. The smallest absolute Gasteiger partial charge is 0.333 e. The minimum atomic E-state index is -0.901. The average molecular weight is 509 g/mol. The molecule has 0 bridgehead atoms. The van der Waals surface area contributed by atoms with E-state index in [0.717, 1.165) is 63.3 Å². The van der Waals surface area contributed by atoms with Crippen molar-refractivity contribution in [2.75, 3.05) is 43.9 Å². The molecule has 0 amide bonds. The van der Waals surface area contributed by atoms with Gasteiger partial charge < -0.3 is 25.4 Å². The number of hydrogen-bond acceptors (Lipinski definition) is 8. The molecule has 4 rings (SSSR count). The molecule has 0 radical (unpaired) electrons. The number of aryl methyl sites for hydroxylation is 2. The molecule has 0 aromatic carbocycles. The van der Waals surface area contributed by atoms with Crippen LogP contribution in [0.4, 0.5) is 17.5 Å². The molecule has 10 heteroatoms. The summed E-state index contributed by atoms with van der Waals surface area (Å²) >= 11 is 0. The number of fused-ring (bicyclic) bond motifs is 1. The molecule has 10 nitrogen and oxygen atoms in total. The van der Waals surface area contributed by atoms with Gasteiger partial charge in [-0.1, -0.05) is 6.07 Å². The molecule has 37 heavy (non-hydrogen) atoms. The van der Waals surface area contributed by atoms with Crippen LogP contribution in [-0.2, 0) is 22.4 Å². The van der Waals surface area contributed by atoms with Crippen LogP contribution in [0.15, 0.2) is 36.8 Å². The van der Waals surface area contributed by atoms with E-state index in [0.29, 0.717) is 24.6 Å². The van der Waals surface area contributed by atoms with Crippen molar-refractivity contribution >= 4 is 29.6 Å². The molecule has 2 atom stereocenters. The van der Waals surface area contributed by atoms with Crippen molar-refractivity contribution < 1.29 is 19.2 Å². The molecule has 0 fully saturated rings. The maximum atomic E-state index is 12.0. The van der Waals surface area contributed by atoms with Gasteiger partial charge in [0.25, 0.3) is 0 Å². The number of carbonyl (C=O) groups is 1. The summed E-state index contributed by atoms with van der Waals surface area (Å²) in [5.41, 5.74) is 2.43. The highest BCUT2D eigenvalue weighted by Crippen LogP contribution is 2.20. The fraction of sp³-hybridized carbons (Fsp3) is 0.519. The lowest BCUT2D eigenvalue weighted by Gasteiger charge is -2.26. The van der Waals surface area contributed by atoms with Crippen LogP contribution in [0.25, 0.3) is 0 Å². The Morgan fingerprint density at radius 3 is 2.92 bits per heavy atom. The Bertz CT molecular complexity index is 1120. The lowest BCUT2D eigenvalue weighted by molar-refractivity contribution is -0.369. The Labute approximate surface area is 218 Å². The Kier molecular flexibility index (Phi) is 9.56. The molecule has 3 N–H and O–H groups in total. The largest absolute Gasteiger partial charge is 0.480 e. The summed E-state index contributed by atoms with van der Waals surface area (Å²) in [6, 6.07) is 5.35. The van der Waals surface area contributed by atoms with Gasteiger partial charge in [-0.25, -0.2) is 14.4 Å². The minimum Gasteiger partial charge on any atom is -0.480 e. The number of nitrogens with one attached hydrogen (secondary N) is 2. The summed E-state index contributed by atoms with van der Waals surface area (Å²) in [7, 11) is 1.71. The molecule has 1 unspecified atom stereocenters. The van der Waals surface area contributed by atoms with Crippen molar-refractivity contribution in [1.82, 2.24) is 19.9 Å². The van der Waals surface area contributed by atoms with Crippen molar-refractivity contribution in [1.29, 1.82) is 0 Å². The zero-order chi connectivity index (χ0) is 26.0. The number of methoxy groups -OCH3 is 1. The number of carboxylic acids is 1. The van der Waals surface area contributed by atoms with Crippen LogP contribution in [0.5, 0.6) is 0 Å². The number of pyridine rings is 1. The normalized spacial score (nSPS) is 15.8. The first-order chi connectivity index (χ1) is 18.0. The standard InChI is InChI=1S/C27H37N7O3/c1-20(37-2)18-33(13-4-3-8-22-10-9-21-7-5-12-28-26(21)31-22)16-11-23(27(35)36)32-24-17-25(30-19-29-24)34-14-6-15-34/h6,9-10,14-15,17,19-20,23H,3-5,7-8,11-13,16,18H2,1-2H3,(H2-,28,29,30,31,32,35,36)/p+1/t20-,23?/m1/s1. The fourth-order valence-corrected chi connectivity index (χ4v) is 4.52. The molecule has 2 aliphatic rings. The van der Waals surface area contributed by atoms with Crippen molar-refractivity contribution in [3.8, 4) is 0 Å². The lowest BCUT2D eigenvalue weighted by Crippen LogP contribution is -2.38. The number of ether oxygens (including phenoxy) is 1. The molecule has 0 spiro atoms. The first-order valence-corrected chi connectivity index (χ1v) is 13.1. The van der Waals surface area contributed by atoms with Crippen LogP contribution in [0.2, 0.25) is 0 Å². The van der Waals surface area contributed by atoms with Gasteiger partial charge in [0.15, 0.2) is 0 Å². The van der Waals surface area contributed by atoms with Gasteiger partial charge in [0.1, 0.15) is 17.7 Å². The fourth-order valence-electron chi connectivity index (χ4n) is 4.52. The predicted molar refractivity (Wildman–Crippen MR) is 144 cm³/mol. The van der Waals surface area contributed by atoms with Gasteiger partial charge in [-0.05, 0) is 68.6 Å². The van der Waals surface area contributed by atoms with Crippen molar-refractivity contribution in [3.63, 3.8) is 0 Å². The van der Waals surface area contributed by atoms with E-state index in [9.17, 15) is 9.90 Å². The van der Waals surface area contributed by atoms with Crippen molar-refractivity contribution in [2.24, 2.45) is 0 Å². The third-order valence-corrected chi connectivity index (χ3v) is 6.79. The number of aliphatic carboxylic acids is 1. The van der Waals surface area contributed by atoms with Crippen molar-refractivity contribution in [3.05, 3.63) is 48.1 Å². The minimum absolute atomic E-state index is 0.0647. The maximum absolute atomic E-state index is 12.0. The second-order valence-corrected chi connectivity index (χ2v) is 9.63. The average Bonchev–Trinajstić information content (AvgIpc) is 2.87. The summed E-state index contributed by atoms with van der Waals surface area (Å²) in [5, 5.41) is 16.3. The Morgan fingerprint density at radius 1 is 1.30 bits per heavy atom. The van der Waals surface area contributed by atoms with Gasteiger partial charge in [0.2, 0.25) is 6.33 Å². The quantitative estimate of drug-likeness (QED) is 0.247. The molecule has 0 aliphatic carbocycles. The Balaban J connectivity index is 1.28. The van der Waals surface area contributed by atoms with Crippen LogP contribution in [-0.4, -0.2) is 87.2 Å². The summed E-state index contributed by atoms with van der Waals surface area (Å²) in [5.74, 6) is 1.34. The third-order valence-electron chi connectivity index (χ3n) is 6.79. The highest BCUT2D eigenvalue weighted by atomic mass is 16.5. The molecule has 2 aromatic heterocycles. The van der Waals surface area contributed by atoms with E-state index in [-0.39, 0.29) is 6.10 Å². The molecule has 2 aliphatic heterocycles. The molecule has 2 aromatic rings. The SMILES string of the molecule is CO[C@H](C)CN(CCCCc1ccc2c(n1)NCCC2)CCC(Nc1cc([N+]2=CC=C2)ncn1)C(=O)O. The van der Waals surface area contributed by atoms with Gasteiger partial charge in [-0.2, -0.15) is 4.98 Å². The Hall–Kier alpha value is -3.37. The maximum Gasteiger partial charge on any atom is 0.333 e. The van der Waals surface area contributed by atoms with Gasteiger partial charge >= 0.3 is 11.8 Å². The first kappa shape index (κ1) is 26.7. The topological polar surface area (TPSA) is 116 Å². The van der Waals surface area contributed by atoms with Crippen LogP contribution in [0, 0.1) is 0 Å². The number of hydrogen-bond donors (Lipinski definition) is 3. The van der Waals surface area contributed by atoms with Gasteiger partial charge in [0.05, 0.1) is 24.6 Å². The van der Waals surface area contributed by atoms with Crippen LogP contribution in [0.3, 0.4) is 0 Å². The van der Waals surface area contributed by atoms with Gasteiger partial charge in [0, 0.05) is 38.5 Å². The molecule has 0 saturated carbocycles. The zero-order valence-electron chi connectivity index (χ0n) is 21.8. The van der Waals surface area contributed by atoms with E-state index >= 15 is 0 Å². The molecular weight excluding hydrogens is 470 g/mol. The van der Waals surface area contributed by atoms with E-state index in [4.69, 9.17) is 9.72 Å². The highest BCUT2D eigenvalue weighted by Gasteiger charge is 2.22. The molecular formula is C27H38N7O3+. The summed E-state index contributed by atoms with van der Waals surface area (Å²) in [6.45, 7) is 5.29. The second-order valence-electron chi connectivity index (χ2n) is 9.63. The van der Waals surface area contributed by atoms with Crippen LogP contribution < -0.4 is 10.6 Å². The van der Waals surface area contributed by atoms with Crippen molar-refractivity contribution in [2.45, 2.75) is 57.6 Å². The summed E-state index contributed by atoms with van der Waals surface area (Å²) in [4.78, 5) is 27.5. The third kappa shape index (κ3) is 7.80. The van der Waals surface area contributed by atoms with E-state index in [1.54, 1.807) is 13.2 Å². The molecule has 4 heterocycles. The summed E-state index contributed by atoms with van der Waals surface area (Å²) < 4.78 is 7.34. The van der Waals surface area contributed by atoms with Crippen LogP contribution >= 0.6 is 0 Å². The summed E-state index contributed by atoms with van der Waals surface area (Å²) in [6.07, 6.45) is 12.8. The zero-order valence-corrected chi connectivity index (χ0v) is 21.8. The highest BCUT2D eigenvalue weighted by molar-refractivity contribution is 5.77. The van der Waals surface area contributed by atoms with E-state index < -0.39 is 12.0 Å². The number of unbranched alkanes of at least 4 members (excludes halogenated alkanes) is 1. The second kappa shape index (κ2) is 13.3. The van der Waals surface area contributed by atoms with E-state index in [2.05, 4.69) is 37.6 Å². The molecule has 198 valence electrons. The first-order valence-electron chi connectivity index (χ1n) is 13.1. The number of anilines is 2. The van der Waals surface area contributed by atoms with E-state index in [1.807, 2.05) is 30.0 Å². The number of nitrogens with zero attached hydrogens (tertiary/aromatic N) is 5. The molecule has 0 saturated heterocycles. The van der Waals surface area contributed by atoms with Gasteiger partial charge in [-0.15, -0.1) is 0 Å². The lowest BCUT2D eigenvalue weighted by atomic mass is 10.1. The number of allylic oxidation sites excluding steroid dienone is 1.